The number of methoxy groups -OCH3 is 1. The normalized spacial score (nSPS) is 14.8. The first-order valence-corrected chi connectivity index (χ1v) is 8.38. The average molecular weight is 374 g/mol. The molecule has 0 saturated heterocycles. The van der Waals surface area contributed by atoms with E-state index in [9.17, 15) is 4.79 Å². The summed E-state index contributed by atoms with van der Waals surface area (Å²) in [6.07, 6.45) is 6.76. The molecule has 7 heteroatoms. The Morgan fingerprint density at radius 2 is 2.32 bits per heavy atom. The number of rotatable bonds is 5. The fraction of sp³-hybridized carbons (Fsp3) is 0.111. The van der Waals surface area contributed by atoms with Crippen LogP contribution in [0.1, 0.15) is 10.4 Å². The topological polar surface area (TPSA) is 57.1 Å². The maximum Gasteiger partial charge on any atom is 0.363 e. The second-order valence-electron chi connectivity index (χ2n) is 4.84. The third-order valence-corrected chi connectivity index (χ3v) is 4.35. The highest BCUT2D eigenvalue weighted by molar-refractivity contribution is 7.12. The number of terminal acetylenes is 1. The van der Waals surface area contributed by atoms with E-state index < -0.39 is 5.97 Å². The number of halogens is 1. The van der Waals surface area contributed by atoms with Crippen molar-refractivity contribution in [2.24, 2.45) is 4.99 Å². The van der Waals surface area contributed by atoms with Gasteiger partial charge < -0.3 is 14.2 Å². The standard InChI is InChI=1S/C18H12ClNO4S/c1-3-6-23-16-12(19)8-11(10-14(16)22-2)9-13-18(21)24-17(20-13)15-5-4-7-25-15/h1,4-5,7-10H,6H2,2H3/b13-9+. The van der Waals surface area contributed by atoms with Gasteiger partial charge >= 0.3 is 5.97 Å². The maximum absolute atomic E-state index is 12.0. The third-order valence-electron chi connectivity index (χ3n) is 3.21. The Morgan fingerprint density at radius 3 is 3.00 bits per heavy atom. The highest BCUT2D eigenvalue weighted by Crippen LogP contribution is 2.37. The van der Waals surface area contributed by atoms with Gasteiger partial charge in [0.25, 0.3) is 0 Å². The Hall–Kier alpha value is -2.75. The molecule has 0 bridgehead atoms. The lowest BCUT2D eigenvalue weighted by Gasteiger charge is -2.11. The Balaban J connectivity index is 1.94. The van der Waals surface area contributed by atoms with Crippen LogP contribution < -0.4 is 9.47 Å². The van der Waals surface area contributed by atoms with Gasteiger partial charge in [0.2, 0.25) is 5.90 Å². The van der Waals surface area contributed by atoms with Crippen molar-refractivity contribution in [3.8, 4) is 23.8 Å². The van der Waals surface area contributed by atoms with Crippen molar-refractivity contribution in [3.63, 3.8) is 0 Å². The summed E-state index contributed by atoms with van der Waals surface area (Å²) in [6.45, 7) is 0.0668. The van der Waals surface area contributed by atoms with Gasteiger partial charge in [-0.1, -0.05) is 23.6 Å². The van der Waals surface area contributed by atoms with Crippen LogP contribution in [-0.2, 0) is 9.53 Å². The summed E-state index contributed by atoms with van der Waals surface area (Å²) in [5.41, 5.74) is 0.803. The predicted molar refractivity (Wildman–Crippen MR) is 97.3 cm³/mol. The molecular weight excluding hydrogens is 362 g/mol. The van der Waals surface area contributed by atoms with Gasteiger partial charge in [-0.25, -0.2) is 9.79 Å². The van der Waals surface area contributed by atoms with Gasteiger partial charge in [-0.3, -0.25) is 0 Å². The van der Waals surface area contributed by atoms with Crippen LogP contribution >= 0.6 is 22.9 Å². The summed E-state index contributed by atoms with van der Waals surface area (Å²) in [7, 11) is 1.49. The fourth-order valence-corrected chi connectivity index (χ4v) is 3.07. The Bertz CT molecular complexity index is 910. The molecule has 126 valence electrons. The Labute approximate surface area is 153 Å². The number of benzene rings is 1. The molecule has 1 aromatic heterocycles. The van der Waals surface area contributed by atoms with E-state index in [2.05, 4.69) is 10.9 Å². The number of hydrogen-bond donors (Lipinski definition) is 0. The van der Waals surface area contributed by atoms with Gasteiger partial charge in [-0.15, -0.1) is 17.8 Å². The molecule has 1 aromatic carbocycles. The van der Waals surface area contributed by atoms with Crippen molar-refractivity contribution in [2.75, 3.05) is 13.7 Å². The molecule has 2 aromatic rings. The molecule has 0 unspecified atom stereocenters. The monoisotopic (exact) mass is 373 g/mol. The lowest BCUT2D eigenvalue weighted by Crippen LogP contribution is -2.03. The van der Waals surface area contributed by atoms with Gasteiger partial charge in [0.1, 0.15) is 6.61 Å². The number of aliphatic imine (C=N–C) groups is 1. The first-order valence-electron chi connectivity index (χ1n) is 7.12. The lowest BCUT2D eigenvalue weighted by molar-refractivity contribution is -0.129. The van der Waals surface area contributed by atoms with E-state index >= 15 is 0 Å². The van der Waals surface area contributed by atoms with E-state index in [0.29, 0.717) is 28.0 Å². The molecule has 0 fully saturated rings. The van der Waals surface area contributed by atoms with Crippen molar-refractivity contribution < 1.29 is 19.0 Å². The summed E-state index contributed by atoms with van der Waals surface area (Å²) >= 11 is 7.67. The minimum Gasteiger partial charge on any atom is -0.493 e. The number of esters is 1. The SMILES string of the molecule is C#CCOc1c(Cl)cc(/C=C2/N=C(c3cccs3)OC2=O)cc1OC. The number of nitrogens with zero attached hydrogens (tertiary/aromatic N) is 1. The van der Waals surface area contributed by atoms with Crippen LogP contribution in [0.4, 0.5) is 0 Å². The minimum absolute atomic E-state index is 0.0668. The van der Waals surface area contributed by atoms with Crippen LogP contribution in [0.2, 0.25) is 5.02 Å². The molecule has 2 heterocycles. The molecule has 0 amide bonds. The molecule has 0 radical (unpaired) electrons. The van der Waals surface area contributed by atoms with Crippen LogP contribution in [0, 0.1) is 12.3 Å². The zero-order valence-electron chi connectivity index (χ0n) is 13.1. The third kappa shape index (κ3) is 3.68. The van der Waals surface area contributed by atoms with Crippen molar-refractivity contribution in [1.29, 1.82) is 0 Å². The first kappa shape index (κ1) is 17.1. The van der Waals surface area contributed by atoms with E-state index in [4.69, 9.17) is 32.2 Å². The van der Waals surface area contributed by atoms with Crippen LogP contribution in [0.5, 0.6) is 11.5 Å². The van der Waals surface area contributed by atoms with Crippen molar-refractivity contribution >= 4 is 40.9 Å². The number of carbonyl (C=O) groups is 1. The fourth-order valence-electron chi connectivity index (χ4n) is 2.15. The Kier molecular flexibility index (Phi) is 5.08. The smallest absolute Gasteiger partial charge is 0.363 e. The molecule has 25 heavy (non-hydrogen) atoms. The molecule has 5 nitrogen and oxygen atoms in total. The highest BCUT2D eigenvalue weighted by Gasteiger charge is 2.25. The van der Waals surface area contributed by atoms with Gasteiger partial charge in [0.05, 0.1) is 17.0 Å². The first-order chi connectivity index (χ1) is 12.1. The summed E-state index contributed by atoms with van der Waals surface area (Å²) in [5, 5.41) is 2.20. The van der Waals surface area contributed by atoms with Crippen LogP contribution in [0.3, 0.4) is 0 Å². The van der Waals surface area contributed by atoms with Gasteiger partial charge in [0.15, 0.2) is 17.2 Å². The molecule has 0 N–H and O–H groups in total. The van der Waals surface area contributed by atoms with Crippen molar-refractivity contribution in [2.45, 2.75) is 0 Å². The molecular formula is C18H12ClNO4S. The minimum atomic E-state index is -0.522. The number of ether oxygens (including phenoxy) is 3. The van der Waals surface area contributed by atoms with E-state index in [1.807, 2.05) is 17.5 Å². The zero-order chi connectivity index (χ0) is 17.8. The number of carbonyl (C=O) groups excluding carboxylic acids is 1. The van der Waals surface area contributed by atoms with E-state index in [1.54, 1.807) is 18.2 Å². The number of hydrogen-bond acceptors (Lipinski definition) is 6. The van der Waals surface area contributed by atoms with Crippen LogP contribution in [0.15, 0.2) is 40.3 Å². The van der Waals surface area contributed by atoms with Crippen molar-refractivity contribution in [1.82, 2.24) is 0 Å². The molecule has 1 aliphatic rings. The van der Waals surface area contributed by atoms with E-state index in [0.717, 1.165) is 4.88 Å². The zero-order valence-corrected chi connectivity index (χ0v) is 14.7. The van der Waals surface area contributed by atoms with Crippen molar-refractivity contribution in [3.05, 3.63) is 50.8 Å². The van der Waals surface area contributed by atoms with E-state index in [-0.39, 0.29) is 12.3 Å². The lowest BCUT2D eigenvalue weighted by atomic mass is 10.1. The maximum atomic E-state index is 12.0. The summed E-state index contributed by atoms with van der Waals surface area (Å²) < 4.78 is 15.9. The quantitative estimate of drug-likeness (QED) is 0.455. The van der Waals surface area contributed by atoms with Crippen LogP contribution in [0.25, 0.3) is 6.08 Å². The molecule has 0 spiro atoms. The number of thiophene rings is 1. The molecule has 0 aliphatic carbocycles. The summed E-state index contributed by atoms with van der Waals surface area (Å²) in [6, 6.07) is 7.00. The molecule has 3 rings (SSSR count). The van der Waals surface area contributed by atoms with Gasteiger partial charge in [-0.05, 0) is 35.2 Å². The Morgan fingerprint density at radius 1 is 1.48 bits per heavy atom. The van der Waals surface area contributed by atoms with E-state index in [1.165, 1.54) is 18.4 Å². The molecule has 0 saturated carbocycles. The average Bonchev–Trinajstić information content (AvgIpc) is 3.24. The summed E-state index contributed by atoms with van der Waals surface area (Å²) in [4.78, 5) is 17.0. The van der Waals surface area contributed by atoms with Crippen LogP contribution in [-0.4, -0.2) is 25.6 Å². The predicted octanol–water partition coefficient (Wildman–Crippen LogP) is 3.77. The largest absolute Gasteiger partial charge is 0.493 e. The second-order valence-corrected chi connectivity index (χ2v) is 6.20. The number of cyclic esters (lactones) is 1. The molecule has 0 atom stereocenters. The van der Waals surface area contributed by atoms with Gasteiger partial charge in [-0.2, -0.15) is 0 Å². The summed E-state index contributed by atoms with van der Waals surface area (Å²) in [5.74, 6) is 2.89. The van der Waals surface area contributed by atoms with Gasteiger partial charge in [0, 0.05) is 0 Å². The molecule has 1 aliphatic heterocycles. The highest BCUT2D eigenvalue weighted by atomic mass is 35.5. The second kappa shape index (κ2) is 7.43.